The molecule has 4 nitrogen and oxygen atoms in total. The van der Waals surface area contributed by atoms with Crippen molar-refractivity contribution in [3.05, 3.63) is 64.1 Å². The fourth-order valence-corrected chi connectivity index (χ4v) is 2.72. The number of nitrogens with one attached hydrogen (secondary N) is 2. The molecule has 2 aromatic rings. The quantitative estimate of drug-likeness (QED) is 0.774. The van der Waals surface area contributed by atoms with Crippen molar-refractivity contribution in [2.45, 2.75) is 32.4 Å². The third-order valence-electron chi connectivity index (χ3n) is 3.83. The molecule has 124 valence electrons. The van der Waals surface area contributed by atoms with E-state index in [0.717, 1.165) is 16.5 Å². The van der Waals surface area contributed by atoms with E-state index < -0.39 is 0 Å². The van der Waals surface area contributed by atoms with Crippen LogP contribution in [0.1, 0.15) is 37.4 Å². The Labute approximate surface area is 151 Å². The average Bonchev–Trinajstić information content (AvgIpc) is 2.60. The number of benzene rings is 2. The summed E-state index contributed by atoms with van der Waals surface area (Å²) in [4.78, 5) is 12.4. The lowest BCUT2D eigenvalue weighted by atomic mass is 10.0. The van der Waals surface area contributed by atoms with Gasteiger partial charge < -0.3 is 5.32 Å². The first-order chi connectivity index (χ1) is 11.5. The number of nitriles is 1. The summed E-state index contributed by atoms with van der Waals surface area (Å²) < 4.78 is 1.03. The van der Waals surface area contributed by atoms with E-state index in [0.29, 0.717) is 11.3 Å². The zero-order chi connectivity index (χ0) is 17.5. The van der Waals surface area contributed by atoms with E-state index in [2.05, 4.69) is 39.6 Å². The molecule has 2 rings (SSSR count). The minimum atomic E-state index is -0.384. The van der Waals surface area contributed by atoms with E-state index in [1.807, 2.05) is 31.2 Å². The molecule has 0 aliphatic heterocycles. The number of amides is 1. The number of nitrogens with zero attached hydrogens (tertiary/aromatic N) is 1. The normalized spacial score (nSPS) is 12.9. The number of halogens is 1. The lowest BCUT2D eigenvalue weighted by Crippen LogP contribution is -2.40. The van der Waals surface area contributed by atoms with Crippen molar-refractivity contribution in [2.75, 3.05) is 5.32 Å². The molecule has 2 N–H and O–H groups in total. The van der Waals surface area contributed by atoms with Gasteiger partial charge in [-0.3, -0.25) is 10.1 Å². The highest BCUT2D eigenvalue weighted by Gasteiger charge is 2.19. The van der Waals surface area contributed by atoms with Crippen LogP contribution in [0.5, 0.6) is 0 Å². The molecular weight excluding hydrogens is 366 g/mol. The van der Waals surface area contributed by atoms with E-state index in [-0.39, 0.29) is 18.0 Å². The summed E-state index contributed by atoms with van der Waals surface area (Å²) in [7, 11) is 0. The molecule has 0 unspecified atom stereocenters. The molecule has 0 radical (unpaired) electrons. The Hall–Kier alpha value is -2.16. The Balaban J connectivity index is 2.04. The summed E-state index contributed by atoms with van der Waals surface area (Å²) in [6.45, 7) is 3.90. The lowest BCUT2D eigenvalue weighted by Gasteiger charge is -2.22. The SMILES string of the molecule is CC[C@H](N[C@@H](C)C(=O)Nc1ccccc1C#N)c1ccc(Br)cc1. The van der Waals surface area contributed by atoms with Crippen molar-refractivity contribution in [3.8, 4) is 6.07 Å². The average molecular weight is 386 g/mol. The molecule has 0 saturated heterocycles. The van der Waals surface area contributed by atoms with Gasteiger partial charge in [0.2, 0.25) is 5.91 Å². The van der Waals surface area contributed by atoms with Crippen LogP contribution < -0.4 is 10.6 Å². The molecule has 0 aliphatic rings. The molecule has 24 heavy (non-hydrogen) atoms. The van der Waals surface area contributed by atoms with Gasteiger partial charge in [-0.25, -0.2) is 0 Å². The number of hydrogen-bond acceptors (Lipinski definition) is 3. The zero-order valence-corrected chi connectivity index (χ0v) is 15.3. The standard InChI is InChI=1S/C19H20BrN3O/c1-3-17(14-8-10-16(20)11-9-14)22-13(2)19(24)23-18-7-5-4-6-15(18)12-21/h4-11,13,17,22H,3H2,1-2H3,(H,23,24)/t13-,17-/m0/s1. The molecular formula is C19H20BrN3O. The predicted molar refractivity (Wildman–Crippen MR) is 99.6 cm³/mol. The van der Waals surface area contributed by atoms with Crippen LogP contribution in [-0.4, -0.2) is 11.9 Å². The van der Waals surface area contributed by atoms with Gasteiger partial charge in [-0.2, -0.15) is 5.26 Å². The predicted octanol–water partition coefficient (Wildman–Crippen LogP) is 4.39. The number of carbonyl (C=O) groups excluding carboxylic acids is 1. The summed E-state index contributed by atoms with van der Waals surface area (Å²) in [6, 6.07) is 16.8. The van der Waals surface area contributed by atoms with Crippen molar-refractivity contribution in [2.24, 2.45) is 0 Å². The number of para-hydroxylation sites is 1. The van der Waals surface area contributed by atoms with Gasteiger partial charge in [-0.05, 0) is 43.2 Å². The second-order valence-corrected chi connectivity index (χ2v) is 6.46. The van der Waals surface area contributed by atoms with E-state index in [4.69, 9.17) is 5.26 Å². The van der Waals surface area contributed by atoms with Gasteiger partial charge in [0.15, 0.2) is 0 Å². The third kappa shape index (κ3) is 4.67. The van der Waals surface area contributed by atoms with Crippen molar-refractivity contribution >= 4 is 27.5 Å². The van der Waals surface area contributed by atoms with Crippen LogP contribution in [0.3, 0.4) is 0 Å². The second-order valence-electron chi connectivity index (χ2n) is 5.55. The number of anilines is 1. The molecule has 0 spiro atoms. The van der Waals surface area contributed by atoms with Crippen molar-refractivity contribution in [3.63, 3.8) is 0 Å². The zero-order valence-electron chi connectivity index (χ0n) is 13.7. The molecule has 0 heterocycles. The molecule has 1 amide bonds. The number of hydrogen-bond donors (Lipinski definition) is 2. The minimum absolute atomic E-state index is 0.0880. The Bertz CT molecular complexity index is 737. The topological polar surface area (TPSA) is 64.9 Å². The van der Waals surface area contributed by atoms with Crippen LogP contribution in [-0.2, 0) is 4.79 Å². The fraction of sp³-hybridized carbons (Fsp3) is 0.263. The minimum Gasteiger partial charge on any atom is -0.324 e. The largest absolute Gasteiger partial charge is 0.324 e. The third-order valence-corrected chi connectivity index (χ3v) is 4.36. The molecule has 0 aliphatic carbocycles. The van der Waals surface area contributed by atoms with E-state index in [1.165, 1.54) is 0 Å². The summed E-state index contributed by atoms with van der Waals surface area (Å²) >= 11 is 3.43. The first kappa shape index (κ1) is 18.2. The van der Waals surface area contributed by atoms with Crippen LogP contribution in [0.25, 0.3) is 0 Å². The van der Waals surface area contributed by atoms with Crippen molar-refractivity contribution in [1.29, 1.82) is 5.26 Å². The Morgan fingerprint density at radius 1 is 1.21 bits per heavy atom. The van der Waals surface area contributed by atoms with Gasteiger partial charge in [0.1, 0.15) is 6.07 Å². The Kier molecular flexibility index (Phi) is 6.53. The summed E-state index contributed by atoms with van der Waals surface area (Å²) in [6.07, 6.45) is 0.869. The Morgan fingerprint density at radius 2 is 1.88 bits per heavy atom. The first-order valence-electron chi connectivity index (χ1n) is 7.86. The van der Waals surface area contributed by atoms with Gasteiger partial charge in [0.05, 0.1) is 17.3 Å². The highest BCUT2D eigenvalue weighted by atomic mass is 79.9. The molecule has 0 saturated carbocycles. The molecule has 5 heteroatoms. The molecule has 2 aromatic carbocycles. The first-order valence-corrected chi connectivity index (χ1v) is 8.66. The highest BCUT2D eigenvalue weighted by molar-refractivity contribution is 9.10. The molecule has 0 aromatic heterocycles. The maximum Gasteiger partial charge on any atom is 0.241 e. The molecule has 0 bridgehead atoms. The summed E-state index contributed by atoms with van der Waals surface area (Å²) in [5.41, 5.74) is 2.13. The lowest BCUT2D eigenvalue weighted by molar-refractivity contribution is -0.118. The van der Waals surface area contributed by atoms with Gasteiger partial charge in [0, 0.05) is 10.5 Å². The summed E-state index contributed by atoms with van der Waals surface area (Å²) in [5, 5.41) is 15.3. The molecule has 0 fully saturated rings. The maximum absolute atomic E-state index is 12.4. The van der Waals surface area contributed by atoms with Crippen LogP contribution >= 0.6 is 15.9 Å². The van der Waals surface area contributed by atoms with Crippen LogP contribution in [0.2, 0.25) is 0 Å². The second kappa shape index (κ2) is 8.62. The smallest absolute Gasteiger partial charge is 0.241 e. The summed E-state index contributed by atoms with van der Waals surface area (Å²) in [5.74, 6) is -0.159. The fourth-order valence-electron chi connectivity index (χ4n) is 2.45. The number of carbonyl (C=O) groups is 1. The van der Waals surface area contributed by atoms with Gasteiger partial charge in [-0.1, -0.05) is 47.1 Å². The van der Waals surface area contributed by atoms with E-state index >= 15 is 0 Å². The van der Waals surface area contributed by atoms with Gasteiger partial charge >= 0.3 is 0 Å². The number of rotatable bonds is 6. The maximum atomic E-state index is 12.4. The van der Waals surface area contributed by atoms with Crippen LogP contribution in [0, 0.1) is 11.3 Å². The Morgan fingerprint density at radius 3 is 2.50 bits per heavy atom. The van der Waals surface area contributed by atoms with Gasteiger partial charge in [0.25, 0.3) is 0 Å². The van der Waals surface area contributed by atoms with E-state index in [9.17, 15) is 4.79 Å². The van der Waals surface area contributed by atoms with E-state index in [1.54, 1.807) is 24.3 Å². The van der Waals surface area contributed by atoms with Crippen LogP contribution in [0.4, 0.5) is 5.69 Å². The van der Waals surface area contributed by atoms with Crippen molar-refractivity contribution in [1.82, 2.24) is 5.32 Å². The van der Waals surface area contributed by atoms with Crippen LogP contribution in [0.15, 0.2) is 53.0 Å². The monoisotopic (exact) mass is 385 g/mol. The highest BCUT2D eigenvalue weighted by Crippen LogP contribution is 2.20. The molecule has 2 atom stereocenters. The van der Waals surface area contributed by atoms with Crippen molar-refractivity contribution < 1.29 is 4.79 Å². The van der Waals surface area contributed by atoms with Gasteiger partial charge in [-0.15, -0.1) is 0 Å².